The van der Waals surface area contributed by atoms with Crippen LogP contribution < -0.4 is 15.6 Å². The van der Waals surface area contributed by atoms with Crippen LogP contribution in [0, 0.1) is 5.92 Å². The first-order valence-electron chi connectivity index (χ1n) is 10.5. The lowest BCUT2D eigenvalue weighted by Gasteiger charge is -2.16. The predicted molar refractivity (Wildman–Crippen MR) is 117 cm³/mol. The number of carbonyl (C=O) groups excluding carboxylic acids is 1. The lowest BCUT2D eigenvalue weighted by Crippen LogP contribution is -2.28. The van der Waals surface area contributed by atoms with E-state index in [4.69, 9.17) is 4.74 Å². The average Bonchev–Trinajstić information content (AvgIpc) is 3.57. The monoisotopic (exact) mass is 405 g/mol. The summed E-state index contributed by atoms with van der Waals surface area (Å²) in [7, 11) is 0. The number of amides is 1. The van der Waals surface area contributed by atoms with Crippen LogP contribution in [0.4, 0.5) is 0 Å². The van der Waals surface area contributed by atoms with Crippen molar-refractivity contribution in [2.45, 2.75) is 45.7 Å². The summed E-state index contributed by atoms with van der Waals surface area (Å²) in [5.74, 6) is 1.20. The van der Waals surface area contributed by atoms with E-state index in [0.29, 0.717) is 18.2 Å². The Labute approximate surface area is 175 Å². The van der Waals surface area contributed by atoms with E-state index in [1.807, 2.05) is 41.0 Å². The Morgan fingerprint density at radius 1 is 1.23 bits per heavy atom. The van der Waals surface area contributed by atoms with E-state index in [0.717, 1.165) is 28.7 Å². The molecule has 3 aromatic rings. The van der Waals surface area contributed by atoms with Gasteiger partial charge in [-0.15, -0.1) is 0 Å². The van der Waals surface area contributed by atoms with Gasteiger partial charge in [-0.2, -0.15) is 0 Å². The van der Waals surface area contributed by atoms with Crippen molar-refractivity contribution in [3.05, 3.63) is 70.3 Å². The van der Waals surface area contributed by atoms with Crippen molar-refractivity contribution in [2.75, 3.05) is 6.61 Å². The molecule has 0 unspecified atom stereocenters. The van der Waals surface area contributed by atoms with Gasteiger partial charge in [-0.05, 0) is 54.5 Å². The summed E-state index contributed by atoms with van der Waals surface area (Å²) in [6.07, 6.45) is 4.04. The summed E-state index contributed by atoms with van der Waals surface area (Å²) in [4.78, 5) is 29.1. The molecule has 1 saturated carbocycles. The van der Waals surface area contributed by atoms with E-state index in [1.165, 1.54) is 12.8 Å². The number of nitrogens with one attached hydrogen (secondary N) is 1. The van der Waals surface area contributed by atoms with Gasteiger partial charge in [-0.1, -0.05) is 19.9 Å². The van der Waals surface area contributed by atoms with Crippen LogP contribution in [-0.4, -0.2) is 22.1 Å². The Hall–Kier alpha value is -3.15. The molecular weight excluding hydrogens is 378 g/mol. The topological polar surface area (TPSA) is 73.2 Å². The third kappa shape index (κ3) is 4.70. The molecule has 0 spiro atoms. The van der Waals surface area contributed by atoms with Crippen LogP contribution >= 0.6 is 0 Å². The quantitative estimate of drug-likeness (QED) is 0.621. The molecule has 4 rings (SSSR count). The molecule has 0 saturated heterocycles. The van der Waals surface area contributed by atoms with Crippen molar-refractivity contribution in [2.24, 2.45) is 5.92 Å². The van der Waals surface area contributed by atoms with Crippen LogP contribution in [0.5, 0.6) is 5.75 Å². The maximum atomic E-state index is 12.8. The van der Waals surface area contributed by atoms with E-state index in [9.17, 15) is 9.59 Å². The van der Waals surface area contributed by atoms with Crippen molar-refractivity contribution in [3.63, 3.8) is 0 Å². The number of pyridine rings is 2. The molecule has 0 radical (unpaired) electrons. The fourth-order valence-corrected chi connectivity index (χ4v) is 3.59. The summed E-state index contributed by atoms with van der Waals surface area (Å²) in [5.41, 5.74) is 2.75. The number of fused-ring (bicyclic) bond motifs is 1. The Morgan fingerprint density at radius 3 is 2.77 bits per heavy atom. The molecule has 1 aliphatic carbocycles. The Balaban J connectivity index is 1.51. The Bertz CT molecular complexity index is 1100. The summed E-state index contributed by atoms with van der Waals surface area (Å²) in [6, 6.07) is 13.1. The molecule has 0 bridgehead atoms. The van der Waals surface area contributed by atoms with E-state index in [1.54, 1.807) is 12.3 Å². The normalized spacial score (nSPS) is 13.6. The van der Waals surface area contributed by atoms with Gasteiger partial charge in [0.1, 0.15) is 5.75 Å². The van der Waals surface area contributed by atoms with Crippen molar-refractivity contribution in [1.29, 1.82) is 0 Å². The van der Waals surface area contributed by atoms with Crippen molar-refractivity contribution in [3.8, 4) is 5.75 Å². The zero-order valence-corrected chi connectivity index (χ0v) is 17.4. The third-order valence-corrected chi connectivity index (χ3v) is 5.44. The smallest absolute Gasteiger partial charge is 0.258 e. The van der Waals surface area contributed by atoms with Gasteiger partial charge in [0.2, 0.25) is 0 Å². The molecule has 1 aromatic carbocycles. The average molecular weight is 405 g/mol. The number of ether oxygens (including phenoxy) is 1. The fourth-order valence-electron chi connectivity index (χ4n) is 3.59. The molecule has 156 valence electrons. The SMILES string of the molecule is CC(C)c1cc(=O)n(CC2CC2)c2cc(OCC(=O)NCc3ccccn3)ccc12. The van der Waals surface area contributed by atoms with Crippen molar-refractivity contribution in [1.82, 2.24) is 14.9 Å². The van der Waals surface area contributed by atoms with Gasteiger partial charge in [-0.25, -0.2) is 0 Å². The maximum absolute atomic E-state index is 12.8. The van der Waals surface area contributed by atoms with Gasteiger partial charge < -0.3 is 14.6 Å². The lowest BCUT2D eigenvalue weighted by atomic mass is 9.98. The molecule has 6 heteroatoms. The van der Waals surface area contributed by atoms with Gasteiger partial charge in [-0.3, -0.25) is 14.6 Å². The van der Waals surface area contributed by atoms with E-state index in [-0.39, 0.29) is 24.0 Å². The summed E-state index contributed by atoms with van der Waals surface area (Å²) in [5, 5.41) is 3.87. The first-order valence-corrected chi connectivity index (χ1v) is 10.5. The predicted octanol–water partition coefficient (Wildman–Crippen LogP) is 3.63. The van der Waals surface area contributed by atoms with Crippen LogP contribution in [0.3, 0.4) is 0 Å². The van der Waals surface area contributed by atoms with E-state index < -0.39 is 0 Å². The van der Waals surface area contributed by atoms with E-state index in [2.05, 4.69) is 24.1 Å². The number of hydrogen-bond donors (Lipinski definition) is 1. The molecule has 1 fully saturated rings. The molecule has 1 N–H and O–H groups in total. The van der Waals surface area contributed by atoms with Gasteiger partial charge in [0.05, 0.1) is 17.8 Å². The molecule has 0 atom stereocenters. The second-order valence-electron chi connectivity index (χ2n) is 8.21. The molecular formula is C24H27N3O3. The summed E-state index contributed by atoms with van der Waals surface area (Å²) < 4.78 is 7.59. The van der Waals surface area contributed by atoms with Gasteiger partial charge in [0.15, 0.2) is 6.61 Å². The number of rotatable bonds is 8. The Kier molecular flexibility index (Phi) is 5.84. The van der Waals surface area contributed by atoms with Crippen LogP contribution in [0.25, 0.3) is 10.9 Å². The molecule has 2 aromatic heterocycles. The second kappa shape index (κ2) is 8.69. The summed E-state index contributed by atoms with van der Waals surface area (Å²) >= 11 is 0. The molecule has 2 heterocycles. The number of aromatic nitrogens is 2. The first-order chi connectivity index (χ1) is 14.5. The minimum Gasteiger partial charge on any atom is -0.484 e. The van der Waals surface area contributed by atoms with Gasteiger partial charge in [0.25, 0.3) is 11.5 Å². The highest BCUT2D eigenvalue weighted by Gasteiger charge is 2.23. The van der Waals surface area contributed by atoms with Crippen LogP contribution in [0.2, 0.25) is 0 Å². The van der Waals surface area contributed by atoms with Crippen LogP contribution in [-0.2, 0) is 17.9 Å². The fraction of sp³-hybridized carbons (Fsp3) is 0.375. The van der Waals surface area contributed by atoms with Crippen molar-refractivity contribution < 1.29 is 9.53 Å². The number of benzene rings is 1. The third-order valence-electron chi connectivity index (χ3n) is 5.44. The molecule has 1 amide bonds. The highest BCUT2D eigenvalue weighted by Crippen LogP contribution is 2.33. The molecule has 0 aliphatic heterocycles. The van der Waals surface area contributed by atoms with Crippen LogP contribution in [0.1, 0.15) is 43.9 Å². The zero-order valence-electron chi connectivity index (χ0n) is 17.4. The molecule has 1 aliphatic rings. The number of nitrogens with zero attached hydrogens (tertiary/aromatic N) is 2. The zero-order chi connectivity index (χ0) is 21.1. The number of hydrogen-bond acceptors (Lipinski definition) is 4. The molecule has 6 nitrogen and oxygen atoms in total. The summed E-state index contributed by atoms with van der Waals surface area (Å²) in [6.45, 7) is 5.20. The second-order valence-corrected chi connectivity index (χ2v) is 8.21. The Morgan fingerprint density at radius 2 is 2.07 bits per heavy atom. The molecule has 30 heavy (non-hydrogen) atoms. The van der Waals surface area contributed by atoms with Gasteiger partial charge >= 0.3 is 0 Å². The van der Waals surface area contributed by atoms with Crippen molar-refractivity contribution >= 4 is 16.8 Å². The van der Waals surface area contributed by atoms with E-state index >= 15 is 0 Å². The van der Waals surface area contributed by atoms with Gasteiger partial charge in [0, 0.05) is 30.3 Å². The largest absolute Gasteiger partial charge is 0.484 e. The first kappa shape index (κ1) is 20.1. The van der Waals surface area contributed by atoms with Crippen LogP contribution in [0.15, 0.2) is 53.5 Å². The minimum absolute atomic E-state index is 0.0309. The highest BCUT2D eigenvalue weighted by molar-refractivity contribution is 5.84. The minimum atomic E-state index is -0.216. The number of carbonyl (C=O) groups is 1. The highest BCUT2D eigenvalue weighted by atomic mass is 16.5. The standard InChI is InChI=1S/C24H27N3O3/c1-16(2)21-12-24(29)27(14-17-6-7-17)22-11-19(8-9-20(21)22)30-15-23(28)26-13-18-5-3-4-10-25-18/h3-5,8-12,16-17H,6-7,13-15H2,1-2H3,(H,26,28). The lowest BCUT2D eigenvalue weighted by molar-refractivity contribution is -0.123. The maximum Gasteiger partial charge on any atom is 0.258 e.